The van der Waals surface area contributed by atoms with Crippen LogP contribution >= 0.6 is 0 Å². The van der Waals surface area contributed by atoms with Crippen molar-refractivity contribution in [3.8, 4) is 6.01 Å². The number of aromatic nitrogens is 3. The maximum Gasteiger partial charge on any atom is 0.323 e. The lowest BCUT2D eigenvalue weighted by atomic mass is 10.3. The first-order valence-corrected chi connectivity index (χ1v) is 8.49. The van der Waals surface area contributed by atoms with Crippen LogP contribution in [0.15, 0.2) is 0 Å². The van der Waals surface area contributed by atoms with Gasteiger partial charge in [0.15, 0.2) is 9.84 Å². The summed E-state index contributed by atoms with van der Waals surface area (Å²) in [5.74, 6) is 6.04. The molecule has 2 heterocycles. The molecule has 1 aromatic heterocycles. The second-order valence-corrected chi connectivity index (χ2v) is 7.44. The number of nitrogens with two attached hydrogens (primary N) is 1. The van der Waals surface area contributed by atoms with Crippen LogP contribution in [0.5, 0.6) is 6.01 Å². The lowest BCUT2D eigenvalue weighted by Gasteiger charge is -2.33. The fourth-order valence-corrected chi connectivity index (χ4v) is 3.65. The molecule has 0 aromatic carbocycles. The molecule has 0 aliphatic carbocycles. The predicted octanol–water partition coefficient (Wildman–Crippen LogP) is -0.432. The summed E-state index contributed by atoms with van der Waals surface area (Å²) in [4.78, 5) is 14.2. The zero-order valence-electron chi connectivity index (χ0n) is 12.3. The summed E-state index contributed by atoms with van der Waals surface area (Å²) in [6, 6.07) is -0.0627. The van der Waals surface area contributed by atoms with Gasteiger partial charge in [0.1, 0.15) is 0 Å². The molecule has 1 saturated heterocycles. The average Bonchev–Trinajstić information content (AvgIpc) is 2.36. The molecule has 1 unspecified atom stereocenters. The number of nitrogens with zero attached hydrogens (tertiary/aromatic N) is 4. The summed E-state index contributed by atoms with van der Waals surface area (Å²) >= 11 is 0. The van der Waals surface area contributed by atoms with Crippen molar-refractivity contribution < 1.29 is 13.2 Å². The third-order valence-electron chi connectivity index (χ3n) is 3.00. The summed E-state index contributed by atoms with van der Waals surface area (Å²) in [5.41, 5.74) is 2.36. The highest BCUT2D eigenvalue weighted by Gasteiger charge is 2.30. The lowest BCUT2D eigenvalue weighted by molar-refractivity contribution is 0.222. The van der Waals surface area contributed by atoms with Crippen molar-refractivity contribution in [2.45, 2.75) is 32.9 Å². The smallest absolute Gasteiger partial charge is 0.323 e. The second-order valence-electron chi connectivity index (χ2n) is 5.21. The number of ether oxygens (including phenoxy) is 1. The fraction of sp³-hybridized carbons (Fsp3) is 0.727. The average molecular weight is 316 g/mol. The Hall–Kier alpha value is -1.68. The van der Waals surface area contributed by atoms with E-state index < -0.39 is 9.84 Å². The van der Waals surface area contributed by atoms with E-state index in [1.54, 1.807) is 0 Å². The topological polar surface area (TPSA) is 123 Å². The molecule has 9 nitrogen and oxygen atoms in total. The Bertz CT molecular complexity index is 606. The van der Waals surface area contributed by atoms with Crippen LogP contribution < -0.4 is 20.9 Å². The number of nitrogens with one attached hydrogen (secondary N) is 1. The van der Waals surface area contributed by atoms with Gasteiger partial charge in [-0.1, -0.05) is 0 Å². The molecule has 0 radical (unpaired) electrons. The van der Waals surface area contributed by atoms with Gasteiger partial charge < -0.3 is 9.64 Å². The normalized spacial score (nSPS) is 21.4. The van der Waals surface area contributed by atoms with Gasteiger partial charge in [0, 0.05) is 12.6 Å². The molecule has 1 fully saturated rings. The molecule has 0 spiro atoms. The summed E-state index contributed by atoms with van der Waals surface area (Å²) in [7, 11) is -3.00. The number of sulfone groups is 1. The van der Waals surface area contributed by atoms with E-state index in [0.29, 0.717) is 12.5 Å². The van der Waals surface area contributed by atoms with E-state index in [0.717, 1.165) is 0 Å². The first kappa shape index (κ1) is 15.7. The van der Waals surface area contributed by atoms with E-state index >= 15 is 0 Å². The highest BCUT2D eigenvalue weighted by atomic mass is 32.2. The predicted molar refractivity (Wildman–Crippen MR) is 78.9 cm³/mol. The van der Waals surface area contributed by atoms with E-state index in [1.165, 1.54) is 0 Å². The van der Waals surface area contributed by atoms with Crippen LogP contribution in [0.1, 0.15) is 20.8 Å². The Morgan fingerprint density at radius 1 is 1.38 bits per heavy atom. The molecule has 3 N–H and O–H groups in total. The summed E-state index contributed by atoms with van der Waals surface area (Å²) in [6.07, 6.45) is -0.0926. The Morgan fingerprint density at radius 3 is 2.67 bits per heavy atom. The van der Waals surface area contributed by atoms with Crippen molar-refractivity contribution in [2.75, 3.05) is 28.4 Å². The second kappa shape index (κ2) is 5.98. The Kier molecular flexibility index (Phi) is 4.47. The third-order valence-corrected chi connectivity index (χ3v) is 4.80. The maximum absolute atomic E-state index is 11.6. The van der Waals surface area contributed by atoms with Crippen LogP contribution in [-0.2, 0) is 9.84 Å². The van der Waals surface area contributed by atoms with Crippen molar-refractivity contribution in [2.24, 2.45) is 5.84 Å². The van der Waals surface area contributed by atoms with Crippen molar-refractivity contribution in [1.29, 1.82) is 0 Å². The van der Waals surface area contributed by atoms with Gasteiger partial charge in [-0.2, -0.15) is 15.0 Å². The van der Waals surface area contributed by atoms with Gasteiger partial charge in [-0.05, 0) is 20.8 Å². The number of anilines is 2. The molecule has 1 atom stereocenters. The van der Waals surface area contributed by atoms with Crippen molar-refractivity contribution in [1.82, 2.24) is 15.0 Å². The van der Waals surface area contributed by atoms with Gasteiger partial charge in [-0.15, -0.1) is 0 Å². The SMILES string of the molecule is CC(C)Oc1nc(NN)nc(N2CCS(=O)(=O)CC2C)n1. The van der Waals surface area contributed by atoms with Gasteiger partial charge in [0.05, 0.1) is 17.6 Å². The minimum Gasteiger partial charge on any atom is -0.461 e. The van der Waals surface area contributed by atoms with E-state index in [4.69, 9.17) is 10.6 Å². The largest absolute Gasteiger partial charge is 0.461 e. The van der Waals surface area contributed by atoms with Gasteiger partial charge in [-0.3, -0.25) is 5.43 Å². The molecule has 2 rings (SSSR count). The number of hydrogen-bond donors (Lipinski definition) is 2. The van der Waals surface area contributed by atoms with Gasteiger partial charge in [0.25, 0.3) is 0 Å². The van der Waals surface area contributed by atoms with E-state index in [1.807, 2.05) is 25.7 Å². The Labute approximate surface area is 123 Å². The summed E-state index contributed by atoms with van der Waals surface area (Å²) < 4.78 is 28.7. The zero-order chi connectivity index (χ0) is 15.6. The summed E-state index contributed by atoms with van der Waals surface area (Å²) in [5, 5.41) is 0. The van der Waals surface area contributed by atoms with Crippen LogP contribution in [0.4, 0.5) is 11.9 Å². The summed E-state index contributed by atoms with van der Waals surface area (Å²) in [6.45, 7) is 5.86. The van der Waals surface area contributed by atoms with Crippen molar-refractivity contribution in [3.63, 3.8) is 0 Å². The van der Waals surface area contributed by atoms with E-state index in [9.17, 15) is 8.42 Å². The van der Waals surface area contributed by atoms with Crippen molar-refractivity contribution >= 4 is 21.7 Å². The van der Waals surface area contributed by atoms with Crippen LogP contribution in [0.2, 0.25) is 0 Å². The fourth-order valence-electron chi connectivity index (χ4n) is 2.10. The van der Waals surface area contributed by atoms with E-state index in [-0.39, 0.29) is 35.6 Å². The highest BCUT2D eigenvalue weighted by Crippen LogP contribution is 2.21. The van der Waals surface area contributed by atoms with Gasteiger partial charge >= 0.3 is 6.01 Å². The first-order chi connectivity index (χ1) is 9.80. The number of nitrogen functional groups attached to an aromatic ring is 1. The molecular formula is C11H20N6O3S. The first-order valence-electron chi connectivity index (χ1n) is 6.67. The monoisotopic (exact) mass is 316 g/mol. The number of hydrazine groups is 1. The minimum absolute atomic E-state index is 0.0738. The number of rotatable bonds is 4. The molecule has 0 amide bonds. The third kappa shape index (κ3) is 3.91. The Morgan fingerprint density at radius 2 is 2.10 bits per heavy atom. The molecule has 1 aromatic rings. The van der Waals surface area contributed by atoms with Crippen LogP contribution in [0.25, 0.3) is 0 Å². The molecular weight excluding hydrogens is 296 g/mol. The van der Waals surface area contributed by atoms with Gasteiger partial charge in [0.2, 0.25) is 11.9 Å². The van der Waals surface area contributed by atoms with Crippen LogP contribution in [0, 0.1) is 0 Å². The van der Waals surface area contributed by atoms with Crippen LogP contribution in [0.3, 0.4) is 0 Å². The molecule has 1 aliphatic rings. The van der Waals surface area contributed by atoms with E-state index in [2.05, 4.69) is 20.4 Å². The molecule has 10 heteroatoms. The maximum atomic E-state index is 11.6. The molecule has 118 valence electrons. The van der Waals surface area contributed by atoms with Crippen LogP contribution in [-0.4, -0.2) is 53.6 Å². The Balaban J connectivity index is 2.30. The molecule has 0 saturated carbocycles. The standard InChI is InChI=1S/C11H20N6O3S/c1-7(2)20-11-14-9(16-12)13-10(15-11)17-4-5-21(18,19)6-8(17)3/h7-8H,4-6,12H2,1-3H3,(H,13,14,15,16). The quantitative estimate of drug-likeness (QED) is 0.562. The molecule has 1 aliphatic heterocycles. The van der Waals surface area contributed by atoms with Gasteiger partial charge in [-0.25, -0.2) is 14.3 Å². The lowest BCUT2D eigenvalue weighted by Crippen LogP contribution is -2.47. The highest BCUT2D eigenvalue weighted by molar-refractivity contribution is 7.91. The molecule has 21 heavy (non-hydrogen) atoms. The molecule has 0 bridgehead atoms. The number of hydrogen-bond acceptors (Lipinski definition) is 9. The zero-order valence-corrected chi connectivity index (χ0v) is 13.1. The van der Waals surface area contributed by atoms with Crippen molar-refractivity contribution in [3.05, 3.63) is 0 Å². The minimum atomic E-state index is -3.00.